The van der Waals surface area contributed by atoms with Gasteiger partial charge < -0.3 is 25.0 Å². The Morgan fingerprint density at radius 2 is 2.17 bits per heavy atom. The van der Waals surface area contributed by atoms with Crippen molar-refractivity contribution in [1.29, 1.82) is 0 Å². The molecule has 8 nitrogen and oxygen atoms in total. The Morgan fingerprint density at radius 3 is 2.78 bits per heavy atom. The molecule has 4 N–H and O–H groups in total. The monoisotopic (exact) mass is 343 g/mol. The third-order valence-electron chi connectivity index (χ3n) is 3.89. The molecule has 1 aliphatic heterocycles. The molecule has 3 heterocycles. The number of nitrogens with zero attached hydrogens (tertiary/aromatic N) is 2. The number of nitrogens with one attached hydrogen (secondary N) is 1. The van der Waals surface area contributed by atoms with E-state index in [4.69, 9.17) is 22.1 Å². The molecule has 0 aliphatic carbocycles. The maximum absolute atomic E-state index is 13.6. The average Bonchev–Trinajstić information content (AvgIpc) is 2.80. The Hall–Kier alpha value is -1.72. The smallest absolute Gasteiger partial charge is 0.203 e. The minimum Gasteiger partial charge on any atom is -0.394 e. The lowest BCUT2D eigenvalue weighted by Gasteiger charge is -2.18. The van der Waals surface area contributed by atoms with Crippen LogP contribution in [-0.2, 0) is 4.74 Å². The lowest BCUT2D eigenvalue weighted by Crippen LogP contribution is -2.33. The van der Waals surface area contributed by atoms with Crippen molar-refractivity contribution in [2.45, 2.75) is 31.5 Å². The first-order chi connectivity index (χ1) is 10.8. The summed E-state index contributed by atoms with van der Waals surface area (Å²) in [6, 6.07) is 0. The van der Waals surface area contributed by atoms with Crippen LogP contribution in [0.5, 0.6) is 0 Å². The molecule has 4 atom stereocenters. The minimum atomic E-state index is -1.36. The van der Waals surface area contributed by atoms with Crippen LogP contribution in [0.3, 0.4) is 0 Å². The van der Waals surface area contributed by atoms with E-state index in [1.165, 1.54) is 17.7 Å². The second-order valence-corrected chi connectivity index (χ2v) is 5.68. The molecule has 0 radical (unpaired) electrons. The highest BCUT2D eigenvalue weighted by atomic mass is 32.1. The number of fused-ring (bicyclic) bond motifs is 1. The van der Waals surface area contributed by atoms with Crippen LogP contribution in [0, 0.1) is 17.6 Å². The van der Waals surface area contributed by atoms with Crippen LogP contribution in [-0.4, -0.2) is 54.8 Å². The minimum absolute atomic E-state index is 0.0221. The van der Waals surface area contributed by atoms with Gasteiger partial charge in [-0.15, -0.1) is 0 Å². The number of aliphatic hydroxyl groups is 3. The largest absolute Gasteiger partial charge is 0.394 e. The predicted octanol–water partition coefficient (Wildman–Crippen LogP) is -0.487. The zero-order valence-corrected chi connectivity index (χ0v) is 12.7. The van der Waals surface area contributed by atoms with Crippen molar-refractivity contribution in [3.63, 3.8) is 0 Å². The molecule has 0 bridgehead atoms. The van der Waals surface area contributed by atoms with Gasteiger partial charge >= 0.3 is 0 Å². The van der Waals surface area contributed by atoms with Crippen molar-refractivity contribution < 1.29 is 24.4 Å². The van der Waals surface area contributed by atoms with E-state index in [2.05, 4.69) is 9.97 Å². The third-order valence-corrected chi connectivity index (χ3v) is 4.19. The number of aromatic amines is 1. The maximum atomic E-state index is 13.6. The Labute approximate surface area is 133 Å². The van der Waals surface area contributed by atoms with Crippen LogP contribution in [0.2, 0.25) is 0 Å². The van der Waals surface area contributed by atoms with Crippen molar-refractivity contribution in [3.8, 4) is 0 Å². The third kappa shape index (κ3) is 2.48. The van der Waals surface area contributed by atoms with Crippen LogP contribution in [0.1, 0.15) is 11.8 Å². The summed E-state index contributed by atoms with van der Waals surface area (Å²) in [6.45, 7) is 0.833. The van der Waals surface area contributed by atoms with Gasteiger partial charge in [0, 0.05) is 6.20 Å². The fourth-order valence-electron chi connectivity index (χ4n) is 2.52. The molecule has 2 aromatic rings. The van der Waals surface area contributed by atoms with Gasteiger partial charge in [0.15, 0.2) is 17.6 Å². The topological polar surface area (TPSA) is 121 Å². The van der Waals surface area contributed by atoms with Crippen molar-refractivity contribution in [2.24, 2.45) is 0 Å². The number of pyridine rings is 1. The van der Waals surface area contributed by atoms with Gasteiger partial charge in [-0.1, -0.05) is 0 Å². The number of aliphatic hydroxyl groups excluding tert-OH is 3. The molecule has 0 amide bonds. The van der Waals surface area contributed by atoms with Gasteiger partial charge in [0.05, 0.1) is 17.6 Å². The van der Waals surface area contributed by atoms with Gasteiger partial charge in [-0.2, -0.15) is 4.39 Å². The Bertz CT molecular complexity index is 882. The zero-order chi connectivity index (χ0) is 16.9. The average molecular weight is 343 g/mol. The zero-order valence-electron chi connectivity index (χ0n) is 11.9. The van der Waals surface area contributed by atoms with Gasteiger partial charge in [0.25, 0.3) is 0 Å². The first-order valence-corrected chi connectivity index (χ1v) is 7.19. The van der Waals surface area contributed by atoms with Crippen molar-refractivity contribution in [3.05, 3.63) is 32.7 Å². The molecular weight excluding hydrogens is 329 g/mol. The van der Waals surface area contributed by atoms with Gasteiger partial charge in [-0.25, -0.2) is 4.98 Å². The fourth-order valence-corrected chi connectivity index (χ4v) is 2.77. The van der Waals surface area contributed by atoms with Crippen LogP contribution < -0.4 is 5.43 Å². The van der Waals surface area contributed by atoms with Crippen molar-refractivity contribution in [2.75, 3.05) is 6.61 Å². The first kappa shape index (κ1) is 16.1. The normalized spacial score (nSPS) is 27.7. The lowest BCUT2D eigenvalue weighted by atomic mass is 10.1. The van der Waals surface area contributed by atoms with E-state index in [1.807, 2.05) is 0 Å². The number of hydrogen-bond donors (Lipinski definition) is 4. The van der Waals surface area contributed by atoms with Crippen molar-refractivity contribution >= 4 is 23.3 Å². The van der Waals surface area contributed by atoms with Gasteiger partial charge in [-0.3, -0.25) is 9.36 Å². The summed E-state index contributed by atoms with van der Waals surface area (Å²) < 4.78 is 20.1. The molecule has 3 rings (SSSR count). The van der Waals surface area contributed by atoms with E-state index in [0.717, 1.165) is 0 Å². The first-order valence-electron chi connectivity index (χ1n) is 6.79. The van der Waals surface area contributed by atoms with Crippen LogP contribution >= 0.6 is 12.2 Å². The van der Waals surface area contributed by atoms with Gasteiger partial charge in [-0.05, 0) is 19.1 Å². The molecule has 10 heteroatoms. The fraction of sp³-hybridized carbons (Fsp3) is 0.462. The predicted molar refractivity (Wildman–Crippen MR) is 78.9 cm³/mol. The molecule has 1 aliphatic rings. The van der Waals surface area contributed by atoms with Gasteiger partial charge in [0.2, 0.25) is 4.77 Å². The molecule has 0 saturated carbocycles. The number of rotatable bonds is 2. The number of H-pyrrole nitrogens is 1. The van der Waals surface area contributed by atoms with Crippen LogP contribution in [0.25, 0.3) is 11.0 Å². The molecule has 0 aromatic carbocycles. The van der Waals surface area contributed by atoms with E-state index in [1.54, 1.807) is 0 Å². The SMILES string of the molecule is Cc1c(F)[nH]c2nc(=S)n([C@@H]3O[C@H](CO)C(O)C3O)cc2c1=O. The van der Waals surface area contributed by atoms with E-state index in [-0.39, 0.29) is 21.4 Å². The second-order valence-electron chi connectivity index (χ2n) is 5.31. The molecule has 1 saturated heterocycles. The summed E-state index contributed by atoms with van der Waals surface area (Å²) in [6.07, 6.45) is -3.48. The summed E-state index contributed by atoms with van der Waals surface area (Å²) >= 11 is 5.07. The highest BCUT2D eigenvalue weighted by Gasteiger charge is 2.43. The Kier molecular flexibility index (Phi) is 4.02. The Morgan fingerprint density at radius 1 is 1.48 bits per heavy atom. The van der Waals surface area contributed by atoms with E-state index in [9.17, 15) is 19.4 Å². The number of aromatic nitrogens is 3. The Balaban J connectivity index is 2.18. The highest BCUT2D eigenvalue weighted by molar-refractivity contribution is 7.71. The van der Waals surface area contributed by atoms with E-state index in [0.29, 0.717) is 0 Å². The summed E-state index contributed by atoms with van der Waals surface area (Å²) in [4.78, 5) is 18.4. The summed E-state index contributed by atoms with van der Waals surface area (Å²) in [5, 5.41) is 29.1. The molecule has 0 spiro atoms. The molecule has 2 aromatic heterocycles. The molecule has 1 fully saturated rings. The molecular formula is C13H14FN3O5S. The molecule has 2 unspecified atom stereocenters. The van der Waals surface area contributed by atoms with Gasteiger partial charge in [0.1, 0.15) is 24.0 Å². The highest BCUT2D eigenvalue weighted by Crippen LogP contribution is 2.29. The van der Waals surface area contributed by atoms with E-state index < -0.39 is 42.5 Å². The number of hydrogen-bond acceptors (Lipinski definition) is 7. The maximum Gasteiger partial charge on any atom is 0.203 e. The summed E-state index contributed by atoms with van der Waals surface area (Å²) in [5.74, 6) is -0.796. The van der Waals surface area contributed by atoms with Crippen LogP contribution in [0.4, 0.5) is 4.39 Å². The number of halogens is 1. The molecule has 124 valence electrons. The standard InChI is InChI=1S/C13H14FN3O5S/c1-4-7(19)5-2-17(13(23)16-11(5)15-10(4)14)12-9(21)8(20)6(3-18)22-12/h2,6,8-9,12,18,20-21H,3H2,1H3,(H,15,16,23)/t6-,8?,9?,12-/m1/s1. The summed E-state index contributed by atoms with van der Waals surface area (Å²) in [7, 11) is 0. The number of ether oxygens (including phenoxy) is 1. The van der Waals surface area contributed by atoms with Crippen molar-refractivity contribution in [1.82, 2.24) is 14.5 Å². The second kappa shape index (κ2) is 5.73. The quantitative estimate of drug-likeness (QED) is 0.429. The summed E-state index contributed by atoms with van der Waals surface area (Å²) in [5.41, 5.74) is -0.700. The lowest BCUT2D eigenvalue weighted by molar-refractivity contribution is -0.0538. The molecule has 23 heavy (non-hydrogen) atoms. The van der Waals surface area contributed by atoms with E-state index >= 15 is 0 Å². The van der Waals surface area contributed by atoms with Crippen LogP contribution in [0.15, 0.2) is 11.0 Å².